The van der Waals surface area contributed by atoms with Gasteiger partial charge in [0.15, 0.2) is 11.7 Å². The standard InChI is InChI=1S/C32H26ClN3O5S/c1-3-40-31(39)29-20(2)34-32(42-29)36(18-21-11-5-4-6-12-21)28(37)19-41-30(38)24-17-27(23-14-7-9-15-25(23)33)35-26-16-10-8-13-22(24)26/h4-17H,3,18-19H2,1-2H3. The number of ether oxygens (including phenoxy) is 2. The monoisotopic (exact) mass is 599 g/mol. The normalized spacial score (nSPS) is 10.8. The van der Waals surface area contributed by atoms with Crippen LogP contribution in [0.1, 0.15) is 38.2 Å². The number of hydrogen-bond acceptors (Lipinski definition) is 8. The van der Waals surface area contributed by atoms with Crippen LogP contribution in [0.2, 0.25) is 5.02 Å². The topological polar surface area (TPSA) is 98.7 Å². The highest BCUT2D eigenvalue weighted by Gasteiger charge is 2.26. The summed E-state index contributed by atoms with van der Waals surface area (Å²) in [5, 5.41) is 1.38. The van der Waals surface area contributed by atoms with Crippen LogP contribution in [0.3, 0.4) is 0 Å². The van der Waals surface area contributed by atoms with Gasteiger partial charge in [-0.2, -0.15) is 0 Å². The van der Waals surface area contributed by atoms with E-state index in [2.05, 4.69) is 9.97 Å². The molecule has 5 aromatic rings. The highest BCUT2D eigenvalue weighted by molar-refractivity contribution is 7.17. The van der Waals surface area contributed by atoms with E-state index in [0.29, 0.717) is 42.9 Å². The molecule has 212 valence electrons. The molecule has 0 fully saturated rings. The molecule has 0 spiro atoms. The van der Waals surface area contributed by atoms with Crippen molar-refractivity contribution in [3.8, 4) is 11.3 Å². The Kier molecular flexibility index (Phi) is 8.90. The van der Waals surface area contributed by atoms with Gasteiger partial charge in [0, 0.05) is 16.0 Å². The Morgan fingerprint density at radius 3 is 2.36 bits per heavy atom. The third-order valence-corrected chi connectivity index (χ3v) is 7.86. The molecule has 42 heavy (non-hydrogen) atoms. The van der Waals surface area contributed by atoms with Crippen LogP contribution in [-0.2, 0) is 20.8 Å². The smallest absolute Gasteiger partial charge is 0.350 e. The lowest BCUT2D eigenvalue weighted by Gasteiger charge is -2.20. The van der Waals surface area contributed by atoms with Gasteiger partial charge in [-0.15, -0.1) is 0 Å². The Labute approximate surface area is 251 Å². The first-order valence-corrected chi connectivity index (χ1v) is 14.4. The highest BCUT2D eigenvalue weighted by Crippen LogP contribution is 2.31. The number of benzene rings is 3. The van der Waals surface area contributed by atoms with Crippen molar-refractivity contribution in [1.29, 1.82) is 0 Å². The number of aromatic nitrogens is 2. The van der Waals surface area contributed by atoms with Gasteiger partial charge in [0.25, 0.3) is 5.91 Å². The Hall–Kier alpha value is -4.60. The quantitative estimate of drug-likeness (QED) is 0.170. The number of esters is 2. The van der Waals surface area contributed by atoms with Crippen molar-refractivity contribution in [1.82, 2.24) is 9.97 Å². The number of rotatable bonds is 9. The molecule has 0 N–H and O–H groups in total. The number of carbonyl (C=O) groups is 3. The maximum atomic E-state index is 13.6. The molecule has 8 nitrogen and oxygen atoms in total. The first-order valence-electron chi connectivity index (χ1n) is 13.2. The summed E-state index contributed by atoms with van der Waals surface area (Å²) in [5.41, 5.74) is 3.31. The lowest BCUT2D eigenvalue weighted by molar-refractivity contribution is -0.121. The van der Waals surface area contributed by atoms with Crippen molar-refractivity contribution >= 4 is 56.8 Å². The van der Waals surface area contributed by atoms with Crippen LogP contribution in [0.4, 0.5) is 5.13 Å². The average molecular weight is 600 g/mol. The van der Waals surface area contributed by atoms with Crippen LogP contribution in [0.25, 0.3) is 22.2 Å². The summed E-state index contributed by atoms with van der Waals surface area (Å²) in [6.07, 6.45) is 0. The third-order valence-electron chi connectivity index (χ3n) is 6.37. The van der Waals surface area contributed by atoms with E-state index in [9.17, 15) is 14.4 Å². The van der Waals surface area contributed by atoms with Gasteiger partial charge in [-0.3, -0.25) is 9.69 Å². The number of anilines is 1. The minimum Gasteiger partial charge on any atom is -0.462 e. The SMILES string of the molecule is CCOC(=O)c1sc(N(Cc2ccccc2)C(=O)COC(=O)c2cc(-c3ccccc3Cl)nc3ccccc23)nc1C. The molecule has 5 rings (SSSR count). The van der Waals surface area contributed by atoms with Crippen molar-refractivity contribution in [3.63, 3.8) is 0 Å². The summed E-state index contributed by atoms with van der Waals surface area (Å²) in [5.74, 6) is -1.69. The molecule has 0 bridgehead atoms. The van der Waals surface area contributed by atoms with E-state index in [1.165, 1.54) is 4.90 Å². The van der Waals surface area contributed by atoms with E-state index in [1.54, 1.807) is 44.2 Å². The first-order chi connectivity index (χ1) is 20.4. The number of halogens is 1. The van der Waals surface area contributed by atoms with E-state index < -0.39 is 24.5 Å². The van der Waals surface area contributed by atoms with Crippen molar-refractivity contribution in [2.24, 2.45) is 0 Å². The molecule has 0 saturated heterocycles. The van der Waals surface area contributed by atoms with Crippen LogP contribution in [-0.4, -0.2) is 41.0 Å². The summed E-state index contributed by atoms with van der Waals surface area (Å²) in [6, 6.07) is 25.4. The average Bonchev–Trinajstić information content (AvgIpc) is 3.40. The van der Waals surface area contributed by atoms with Crippen molar-refractivity contribution in [2.75, 3.05) is 18.1 Å². The molecule has 2 heterocycles. The first kappa shape index (κ1) is 28.9. The summed E-state index contributed by atoms with van der Waals surface area (Å²) in [7, 11) is 0. The summed E-state index contributed by atoms with van der Waals surface area (Å²) in [6.45, 7) is 3.25. The summed E-state index contributed by atoms with van der Waals surface area (Å²) >= 11 is 7.47. The second-order valence-electron chi connectivity index (χ2n) is 9.23. The fraction of sp³-hybridized carbons (Fsp3) is 0.156. The van der Waals surface area contributed by atoms with Crippen LogP contribution >= 0.6 is 22.9 Å². The van der Waals surface area contributed by atoms with Gasteiger partial charge in [-0.1, -0.05) is 89.7 Å². The Morgan fingerprint density at radius 2 is 1.60 bits per heavy atom. The fourth-order valence-corrected chi connectivity index (χ4v) is 5.56. The van der Waals surface area contributed by atoms with E-state index in [0.717, 1.165) is 16.9 Å². The number of nitrogens with zero attached hydrogens (tertiary/aromatic N) is 3. The number of fused-ring (bicyclic) bond motifs is 1. The van der Waals surface area contributed by atoms with Crippen LogP contribution in [0, 0.1) is 6.92 Å². The number of amides is 1. The van der Waals surface area contributed by atoms with Gasteiger partial charge in [0.1, 0.15) is 4.88 Å². The maximum Gasteiger partial charge on any atom is 0.350 e. The van der Waals surface area contributed by atoms with Gasteiger partial charge >= 0.3 is 11.9 Å². The minimum atomic E-state index is -0.683. The van der Waals surface area contributed by atoms with Crippen LogP contribution in [0.5, 0.6) is 0 Å². The van der Waals surface area contributed by atoms with Gasteiger partial charge in [0.05, 0.1) is 35.6 Å². The molecular formula is C32H26ClN3O5S. The predicted molar refractivity (Wildman–Crippen MR) is 163 cm³/mol. The van der Waals surface area contributed by atoms with Gasteiger partial charge < -0.3 is 9.47 Å². The second kappa shape index (κ2) is 12.9. The fourth-order valence-electron chi connectivity index (χ4n) is 4.35. The minimum absolute atomic E-state index is 0.168. The molecule has 0 aliphatic heterocycles. The molecule has 0 aliphatic carbocycles. The number of pyridine rings is 1. The zero-order valence-electron chi connectivity index (χ0n) is 22.9. The second-order valence-corrected chi connectivity index (χ2v) is 10.6. The Balaban J connectivity index is 1.43. The van der Waals surface area contributed by atoms with Crippen LogP contribution < -0.4 is 4.90 Å². The molecule has 0 saturated carbocycles. The maximum absolute atomic E-state index is 13.6. The predicted octanol–water partition coefficient (Wildman–Crippen LogP) is 6.89. The van der Waals surface area contributed by atoms with Crippen molar-refractivity contribution in [3.05, 3.63) is 112 Å². The molecular weight excluding hydrogens is 574 g/mol. The number of carbonyl (C=O) groups excluding carboxylic acids is 3. The lowest BCUT2D eigenvalue weighted by Crippen LogP contribution is -2.34. The summed E-state index contributed by atoms with van der Waals surface area (Å²) in [4.78, 5) is 50.3. The third kappa shape index (κ3) is 6.32. The molecule has 3 aromatic carbocycles. The molecule has 0 unspecified atom stereocenters. The van der Waals surface area contributed by atoms with Crippen molar-refractivity contribution in [2.45, 2.75) is 20.4 Å². The molecule has 0 radical (unpaired) electrons. The zero-order chi connectivity index (χ0) is 29.6. The molecule has 0 aliphatic rings. The highest BCUT2D eigenvalue weighted by atomic mass is 35.5. The van der Waals surface area contributed by atoms with Gasteiger partial charge in [-0.25, -0.2) is 19.6 Å². The Bertz CT molecular complexity index is 1770. The molecule has 1 amide bonds. The lowest BCUT2D eigenvalue weighted by atomic mass is 10.0. The van der Waals surface area contributed by atoms with E-state index in [1.807, 2.05) is 54.6 Å². The van der Waals surface area contributed by atoms with E-state index in [-0.39, 0.29) is 18.7 Å². The van der Waals surface area contributed by atoms with Gasteiger partial charge in [0.2, 0.25) is 0 Å². The molecule has 0 atom stereocenters. The van der Waals surface area contributed by atoms with E-state index in [4.69, 9.17) is 21.1 Å². The van der Waals surface area contributed by atoms with Crippen molar-refractivity contribution < 1.29 is 23.9 Å². The molecule has 2 aromatic heterocycles. The number of thiazole rings is 1. The van der Waals surface area contributed by atoms with E-state index >= 15 is 0 Å². The zero-order valence-corrected chi connectivity index (χ0v) is 24.4. The summed E-state index contributed by atoms with van der Waals surface area (Å²) < 4.78 is 10.7. The number of para-hydroxylation sites is 1. The Morgan fingerprint density at radius 1 is 0.881 bits per heavy atom. The number of hydrogen-bond donors (Lipinski definition) is 0. The molecule has 10 heteroatoms. The number of aryl methyl sites for hydroxylation is 1. The van der Waals surface area contributed by atoms with Crippen LogP contribution in [0.15, 0.2) is 84.9 Å². The van der Waals surface area contributed by atoms with Gasteiger partial charge in [-0.05, 0) is 37.6 Å². The largest absolute Gasteiger partial charge is 0.462 e.